The molecule has 0 amide bonds. The van der Waals surface area contributed by atoms with Crippen molar-refractivity contribution < 1.29 is 26.7 Å². The monoisotopic (exact) mass is 281 g/mol. The number of hydrogen-bond donors (Lipinski definition) is 1. The van der Waals surface area contributed by atoms with E-state index < -0.39 is 42.8 Å². The molecule has 0 aromatic carbocycles. The van der Waals surface area contributed by atoms with E-state index in [0.717, 1.165) is 6.20 Å². The lowest BCUT2D eigenvalue weighted by Gasteiger charge is -2.17. The van der Waals surface area contributed by atoms with Crippen LogP contribution in [-0.2, 0) is 13.0 Å². The van der Waals surface area contributed by atoms with Crippen molar-refractivity contribution in [2.24, 2.45) is 5.73 Å². The Morgan fingerprint density at radius 3 is 2.47 bits per heavy atom. The predicted octanol–water partition coefficient (Wildman–Crippen LogP) is 2.44. The molecule has 0 bridgehead atoms. The van der Waals surface area contributed by atoms with E-state index in [9.17, 15) is 22.0 Å². The largest absolute Gasteiger partial charge is 0.573 e. The average molecular weight is 281 g/mol. The van der Waals surface area contributed by atoms with Gasteiger partial charge in [0.1, 0.15) is 5.75 Å². The third-order valence-electron chi connectivity index (χ3n) is 2.13. The van der Waals surface area contributed by atoms with Gasteiger partial charge >= 0.3 is 6.36 Å². The summed E-state index contributed by atoms with van der Waals surface area (Å²) in [5.41, 5.74) is 3.34. The first-order valence-electron chi connectivity index (χ1n) is 4.91. The zero-order valence-electron chi connectivity index (χ0n) is 9.34. The van der Waals surface area contributed by atoms with Crippen LogP contribution in [0.15, 0.2) is 6.20 Å². The fraction of sp³-hybridized carbons (Fsp3) is 0.400. The molecule has 1 rings (SSSR count). The smallest absolute Gasteiger partial charge is 0.405 e. The van der Waals surface area contributed by atoms with Gasteiger partial charge in [-0.25, -0.2) is 8.78 Å². The Kier molecular flexibility index (Phi) is 4.61. The maximum Gasteiger partial charge on any atom is 0.573 e. The second-order valence-electron chi connectivity index (χ2n) is 3.36. The van der Waals surface area contributed by atoms with Crippen LogP contribution in [0.5, 0.6) is 5.75 Å². The lowest BCUT2D eigenvalue weighted by Crippen LogP contribution is -2.21. The van der Waals surface area contributed by atoms with E-state index in [2.05, 4.69) is 9.72 Å². The molecular weight excluding hydrogens is 273 g/mol. The highest BCUT2D eigenvalue weighted by atomic mass is 19.4. The summed E-state index contributed by atoms with van der Waals surface area (Å²) in [6, 6.07) is 1.54. The summed E-state index contributed by atoms with van der Waals surface area (Å²) in [5.74, 6) is -1.08. The predicted molar refractivity (Wildman–Crippen MR) is 53.1 cm³/mol. The SMILES string of the molecule is N#CCc1ncc(CN)c(OC(F)(F)F)c1C(F)F. The van der Waals surface area contributed by atoms with E-state index in [1.807, 2.05) is 0 Å². The number of aromatic nitrogens is 1. The molecule has 0 atom stereocenters. The van der Waals surface area contributed by atoms with Crippen molar-refractivity contribution in [1.82, 2.24) is 4.98 Å². The third-order valence-corrected chi connectivity index (χ3v) is 2.13. The number of alkyl halides is 5. The van der Waals surface area contributed by atoms with Crippen LogP contribution in [0.3, 0.4) is 0 Å². The number of rotatable bonds is 4. The van der Waals surface area contributed by atoms with Gasteiger partial charge in [0.15, 0.2) is 0 Å². The van der Waals surface area contributed by atoms with Crippen molar-refractivity contribution in [3.63, 3.8) is 0 Å². The fourth-order valence-electron chi connectivity index (χ4n) is 1.41. The topological polar surface area (TPSA) is 71.9 Å². The van der Waals surface area contributed by atoms with Crippen molar-refractivity contribution in [2.75, 3.05) is 0 Å². The number of halogens is 5. The Morgan fingerprint density at radius 1 is 1.42 bits per heavy atom. The highest BCUT2D eigenvalue weighted by molar-refractivity contribution is 5.44. The Balaban J connectivity index is 3.44. The summed E-state index contributed by atoms with van der Waals surface area (Å²) < 4.78 is 66.0. The van der Waals surface area contributed by atoms with Gasteiger partial charge in [0.05, 0.1) is 23.7 Å². The molecule has 1 heterocycles. The molecule has 9 heteroatoms. The zero-order valence-corrected chi connectivity index (χ0v) is 9.34. The lowest BCUT2D eigenvalue weighted by atomic mass is 10.1. The van der Waals surface area contributed by atoms with Gasteiger partial charge in [0.2, 0.25) is 0 Å². The Hall–Kier alpha value is -1.95. The van der Waals surface area contributed by atoms with Gasteiger partial charge in [-0.15, -0.1) is 13.2 Å². The Morgan fingerprint density at radius 2 is 2.05 bits per heavy atom. The molecule has 0 saturated heterocycles. The number of pyridine rings is 1. The molecule has 0 aliphatic rings. The van der Waals surface area contributed by atoms with Crippen molar-refractivity contribution in [3.8, 4) is 11.8 Å². The number of nitrogens with two attached hydrogens (primary N) is 1. The van der Waals surface area contributed by atoms with Crippen LogP contribution in [0.25, 0.3) is 0 Å². The molecule has 19 heavy (non-hydrogen) atoms. The maximum absolute atomic E-state index is 12.9. The van der Waals surface area contributed by atoms with Gasteiger partial charge in [-0.3, -0.25) is 4.98 Å². The number of nitriles is 1. The molecule has 0 fully saturated rings. The summed E-state index contributed by atoms with van der Waals surface area (Å²) >= 11 is 0. The fourth-order valence-corrected chi connectivity index (χ4v) is 1.41. The summed E-state index contributed by atoms with van der Waals surface area (Å²) in [5, 5.41) is 8.45. The minimum atomic E-state index is -5.14. The van der Waals surface area contributed by atoms with E-state index in [0.29, 0.717) is 0 Å². The molecule has 0 aliphatic heterocycles. The maximum atomic E-state index is 12.9. The summed E-state index contributed by atoms with van der Waals surface area (Å²) in [4.78, 5) is 3.52. The second-order valence-corrected chi connectivity index (χ2v) is 3.36. The summed E-state index contributed by atoms with van der Waals surface area (Å²) in [6.07, 6.45) is -8.07. The molecule has 104 valence electrons. The van der Waals surface area contributed by atoms with Gasteiger partial charge < -0.3 is 10.5 Å². The van der Waals surface area contributed by atoms with Crippen LogP contribution in [0.4, 0.5) is 22.0 Å². The van der Waals surface area contributed by atoms with Crippen LogP contribution >= 0.6 is 0 Å². The molecular formula is C10H8F5N3O. The van der Waals surface area contributed by atoms with E-state index in [-0.39, 0.29) is 5.56 Å². The lowest BCUT2D eigenvalue weighted by molar-refractivity contribution is -0.275. The van der Waals surface area contributed by atoms with E-state index in [1.165, 1.54) is 0 Å². The average Bonchev–Trinajstić information content (AvgIpc) is 2.27. The second kappa shape index (κ2) is 5.79. The first kappa shape index (κ1) is 15.1. The van der Waals surface area contributed by atoms with Crippen LogP contribution < -0.4 is 10.5 Å². The normalized spacial score (nSPS) is 11.5. The zero-order chi connectivity index (χ0) is 14.6. The molecule has 0 spiro atoms. The first-order valence-corrected chi connectivity index (χ1v) is 4.91. The van der Waals surface area contributed by atoms with Crippen LogP contribution in [0.1, 0.15) is 23.2 Å². The van der Waals surface area contributed by atoms with Gasteiger partial charge in [0, 0.05) is 18.3 Å². The highest BCUT2D eigenvalue weighted by Crippen LogP contribution is 2.37. The van der Waals surface area contributed by atoms with Crippen LogP contribution in [0.2, 0.25) is 0 Å². The van der Waals surface area contributed by atoms with Crippen LogP contribution in [0, 0.1) is 11.3 Å². The van der Waals surface area contributed by atoms with Crippen LogP contribution in [-0.4, -0.2) is 11.3 Å². The van der Waals surface area contributed by atoms with Gasteiger partial charge in [-0.1, -0.05) is 0 Å². The standard InChI is InChI=1S/C10H8F5N3O/c11-9(12)7-6(1-2-16)18-4-5(3-17)8(7)19-10(13,14)15/h4,9H,1,3,17H2. The Labute approximate surface area is 104 Å². The molecule has 1 aromatic rings. The molecule has 0 aliphatic carbocycles. The first-order chi connectivity index (χ1) is 8.80. The minimum absolute atomic E-state index is 0.311. The minimum Gasteiger partial charge on any atom is -0.405 e. The van der Waals surface area contributed by atoms with Gasteiger partial charge in [0.25, 0.3) is 6.43 Å². The highest BCUT2D eigenvalue weighted by Gasteiger charge is 2.35. The van der Waals surface area contributed by atoms with Gasteiger partial charge in [-0.2, -0.15) is 5.26 Å². The van der Waals surface area contributed by atoms with E-state index in [4.69, 9.17) is 11.0 Å². The van der Waals surface area contributed by atoms with Crippen molar-refractivity contribution in [1.29, 1.82) is 5.26 Å². The number of hydrogen-bond acceptors (Lipinski definition) is 4. The number of ether oxygens (including phenoxy) is 1. The molecule has 0 saturated carbocycles. The molecule has 4 nitrogen and oxygen atoms in total. The Bertz CT molecular complexity index is 495. The summed E-state index contributed by atoms with van der Waals surface area (Å²) in [7, 11) is 0. The van der Waals surface area contributed by atoms with E-state index >= 15 is 0 Å². The van der Waals surface area contributed by atoms with Crippen molar-refractivity contribution in [2.45, 2.75) is 25.8 Å². The quantitative estimate of drug-likeness (QED) is 0.860. The third kappa shape index (κ3) is 3.75. The molecule has 0 unspecified atom stereocenters. The summed E-state index contributed by atoms with van der Waals surface area (Å²) in [6.45, 7) is -0.453. The van der Waals surface area contributed by atoms with Crippen molar-refractivity contribution >= 4 is 0 Å². The molecule has 0 radical (unpaired) electrons. The molecule has 1 aromatic heterocycles. The van der Waals surface area contributed by atoms with Gasteiger partial charge in [-0.05, 0) is 0 Å². The number of nitrogens with zero attached hydrogens (tertiary/aromatic N) is 2. The van der Waals surface area contributed by atoms with Crippen molar-refractivity contribution in [3.05, 3.63) is 23.0 Å². The van der Waals surface area contributed by atoms with E-state index in [1.54, 1.807) is 6.07 Å². The molecule has 2 N–H and O–H groups in total.